The molecule has 2 amide bonds. The van der Waals surface area contributed by atoms with Crippen LogP contribution >= 0.6 is 0 Å². The van der Waals surface area contributed by atoms with Crippen LogP contribution in [0.5, 0.6) is 5.75 Å². The minimum atomic E-state index is -0.645. The van der Waals surface area contributed by atoms with Crippen molar-refractivity contribution >= 4 is 11.8 Å². The van der Waals surface area contributed by atoms with Crippen molar-refractivity contribution in [3.63, 3.8) is 0 Å². The number of rotatable bonds is 6. The van der Waals surface area contributed by atoms with Crippen molar-refractivity contribution < 1.29 is 19.1 Å². The lowest BCUT2D eigenvalue weighted by Crippen LogP contribution is -2.51. The predicted molar refractivity (Wildman–Crippen MR) is 123 cm³/mol. The third-order valence-electron chi connectivity index (χ3n) is 6.63. The minimum Gasteiger partial charge on any atom is -0.481 e. The standard InChI is InChI=1S/C26H31N3O4/c1-18(25(30)27-28-13-15-32-16-14-28)33-22-10-9-19-11-12-29(26(31)21-7-8-21)24(23(19)17-22)20-5-3-2-4-6-20/h2-6,9-10,17-18,21,24H,7-8,11-16H2,1H3,(H,27,30). The van der Waals surface area contributed by atoms with Gasteiger partial charge in [0.05, 0.1) is 19.3 Å². The van der Waals surface area contributed by atoms with E-state index in [0.29, 0.717) is 32.1 Å². The summed E-state index contributed by atoms with van der Waals surface area (Å²) in [5.74, 6) is 0.875. The maximum atomic E-state index is 13.1. The van der Waals surface area contributed by atoms with E-state index in [1.807, 2.05) is 40.2 Å². The summed E-state index contributed by atoms with van der Waals surface area (Å²) in [6.07, 6.45) is 2.16. The van der Waals surface area contributed by atoms with Crippen LogP contribution in [-0.2, 0) is 20.7 Å². The Kier molecular flexibility index (Phi) is 6.33. The average Bonchev–Trinajstić information content (AvgIpc) is 3.69. The lowest BCUT2D eigenvalue weighted by atomic mass is 9.87. The van der Waals surface area contributed by atoms with E-state index >= 15 is 0 Å². The number of hydrazine groups is 1. The van der Waals surface area contributed by atoms with Gasteiger partial charge < -0.3 is 14.4 Å². The molecule has 2 aromatic rings. The first-order valence-corrected chi connectivity index (χ1v) is 11.9. The van der Waals surface area contributed by atoms with Crippen molar-refractivity contribution in [2.75, 3.05) is 32.8 Å². The Hall–Kier alpha value is -2.90. The normalized spacial score (nSPS) is 21.7. The number of amides is 2. The summed E-state index contributed by atoms with van der Waals surface area (Å²) in [7, 11) is 0. The van der Waals surface area contributed by atoms with E-state index in [-0.39, 0.29) is 23.8 Å². The van der Waals surface area contributed by atoms with E-state index in [1.54, 1.807) is 6.92 Å². The fourth-order valence-corrected chi connectivity index (χ4v) is 4.64. The highest BCUT2D eigenvalue weighted by atomic mass is 16.5. The molecule has 0 spiro atoms. The van der Waals surface area contributed by atoms with Gasteiger partial charge in [0, 0.05) is 25.6 Å². The predicted octanol–water partition coefficient (Wildman–Crippen LogP) is 2.70. The van der Waals surface area contributed by atoms with Crippen LogP contribution in [0.2, 0.25) is 0 Å². The molecule has 1 N–H and O–H groups in total. The number of benzene rings is 2. The second-order valence-corrected chi connectivity index (χ2v) is 9.07. The summed E-state index contributed by atoms with van der Waals surface area (Å²) in [5, 5.41) is 1.87. The molecule has 0 aromatic heterocycles. The van der Waals surface area contributed by atoms with E-state index in [2.05, 4.69) is 23.6 Å². The molecule has 174 valence electrons. The molecule has 7 heteroatoms. The van der Waals surface area contributed by atoms with E-state index in [0.717, 1.165) is 36.9 Å². The average molecular weight is 450 g/mol. The summed E-state index contributed by atoms with van der Waals surface area (Å²) < 4.78 is 11.4. The largest absolute Gasteiger partial charge is 0.481 e. The molecule has 7 nitrogen and oxygen atoms in total. The molecule has 1 saturated carbocycles. The van der Waals surface area contributed by atoms with Crippen LogP contribution in [0, 0.1) is 5.92 Å². The number of nitrogens with one attached hydrogen (secondary N) is 1. The monoisotopic (exact) mass is 449 g/mol. The van der Waals surface area contributed by atoms with Crippen LogP contribution < -0.4 is 10.2 Å². The number of carbonyl (C=O) groups excluding carboxylic acids is 2. The summed E-state index contributed by atoms with van der Waals surface area (Å²) in [6.45, 7) is 5.03. The van der Waals surface area contributed by atoms with Crippen molar-refractivity contribution in [3.8, 4) is 5.75 Å². The summed E-state index contributed by atoms with van der Waals surface area (Å²) >= 11 is 0. The molecule has 0 radical (unpaired) electrons. The maximum Gasteiger partial charge on any atom is 0.275 e. The van der Waals surface area contributed by atoms with E-state index in [4.69, 9.17) is 9.47 Å². The molecular weight excluding hydrogens is 418 g/mol. The fourth-order valence-electron chi connectivity index (χ4n) is 4.64. The van der Waals surface area contributed by atoms with Gasteiger partial charge in [-0.1, -0.05) is 36.4 Å². The van der Waals surface area contributed by atoms with Crippen molar-refractivity contribution in [2.24, 2.45) is 5.92 Å². The Morgan fingerprint density at radius 3 is 2.55 bits per heavy atom. The molecule has 2 fully saturated rings. The molecule has 2 heterocycles. The smallest absolute Gasteiger partial charge is 0.275 e. The van der Waals surface area contributed by atoms with Crippen molar-refractivity contribution in [1.82, 2.24) is 15.3 Å². The van der Waals surface area contributed by atoms with Gasteiger partial charge in [-0.15, -0.1) is 0 Å². The van der Waals surface area contributed by atoms with Crippen LogP contribution in [0.1, 0.15) is 42.5 Å². The zero-order chi connectivity index (χ0) is 22.8. The summed E-state index contributed by atoms with van der Waals surface area (Å²) in [4.78, 5) is 27.8. The number of fused-ring (bicyclic) bond motifs is 1. The van der Waals surface area contributed by atoms with Gasteiger partial charge in [-0.25, -0.2) is 5.01 Å². The maximum absolute atomic E-state index is 13.1. The highest BCUT2D eigenvalue weighted by Gasteiger charge is 2.39. The first kappa shape index (κ1) is 21.9. The SMILES string of the molecule is CC(Oc1ccc2c(c1)C(c1ccccc1)N(C(=O)C1CC1)CC2)C(=O)NN1CCOCC1. The second-order valence-electron chi connectivity index (χ2n) is 9.07. The number of nitrogens with zero attached hydrogens (tertiary/aromatic N) is 2. The van der Waals surface area contributed by atoms with Crippen LogP contribution in [0.25, 0.3) is 0 Å². The topological polar surface area (TPSA) is 71.1 Å². The molecule has 1 aliphatic carbocycles. The number of morpholine rings is 1. The highest BCUT2D eigenvalue weighted by molar-refractivity contribution is 5.82. The van der Waals surface area contributed by atoms with E-state index in [9.17, 15) is 9.59 Å². The van der Waals surface area contributed by atoms with Crippen LogP contribution in [0.4, 0.5) is 0 Å². The molecule has 1 saturated heterocycles. The molecule has 3 aliphatic rings. The van der Waals surface area contributed by atoms with Crippen LogP contribution in [-0.4, -0.2) is 60.7 Å². The van der Waals surface area contributed by atoms with Gasteiger partial charge in [0.25, 0.3) is 5.91 Å². The number of ether oxygens (including phenoxy) is 2. The summed E-state index contributed by atoms with van der Waals surface area (Å²) in [5.41, 5.74) is 6.32. The van der Waals surface area contributed by atoms with E-state index < -0.39 is 6.10 Å². The number of hydrogen-bond acceptors (Lipinski definition) is 5. The van der Waals surface area contributed by atoms with Crippen molar-refractivity contribution in [3.05, 3.63) is 65.2 Å². The molecular formula is C26H31N3O4. The van der Waals surface area contributed by atoms with Gasteiger partial charge in [0.15, 0.2) is 6.10 Å². The number of hydrogen-bond donors (Lipinski definition) is 1. The fraction of sp³-hybridized carbons (Fsp3) is 0.462. The molecule has 2 unspecified atom stereocenters. The first-order valence-electron chi connectivity index (χ1n) is 11.9. The van der Waals surface area contributed by atoms with Gasteiger partial charge in [0.1, 0.15) is 5.75 Å². The Morgan fingerprint density at radius 1 is 1.06 bits per heavy atom. The number of carbonyl (C=O) groups is 2. The second kappa shape index (κ2) is 9.53. The lowest BCUT2D eigenvalue weighted by molar-refractivity contribution is -0.135. The van der Waals surface area contributed by atoms with Crippen LogP contribution in [0.15, 0.2) is 48.5 Å². The summed E-state index contributed by atoms with van der Waals surface area (Å²) in [6, 6.07) is 16.1. The Balaban J connectivity index is 1.37. The quantitative estimate of drug-likeness (QED) is 0.734. The van der Waals surface area contributed by atoms with Gasteiger partial charge in [0.2, 0.25) is 5.91 Å². The van der Waals surface area contributed by atoms with Gasteiger partial charge in [-0.3, -0.25) is 15.0 Å². The molecule has 0 bridgehead atoms. The molecule has 2 aliphatic heterocycles. The zero-order valence-corrected chi connectivity index (χ0v) is 19.0. The third kappa shape index (κ3) is 4.89. The zero-order valence-electron chi connectivity index (χ0n) is 19.0. The van der Waals surface area contributed by atoms with Gasteiger partial charge >= 0.3 is 0 Å². The lowest BCUT2D eigenvalue weighted by Gasteiger charge is -2.38. The van der Waals surface area contributed by atoms with Gasteiger partial charge in [-0.05, 0) is 55.0 Å². The van der Waals surface area contributed by atoms with Gasteiger partial charge in [-0.2, -0.15) is 0 Å². The Morgan fingerprint density at radius 2 is 1.82 bits per heavy atom. The van der Waals surface area contributed by atoms with Crippen molar-refractivity contribution in [1.29, 1.82) is 0 Å². The Bertz CT molecular complexity index is 1000. The third-order valence-corrected chi connectivity index (χ3v) is 6.63. The molecule has 5 rings (SSSR count). The molecule has 2 atom stereocenters. The van der Waals surface area contributed by atoms with E-state index in [1.165, 1.54) is 5.56 Å². The Labute approximate surface area is 194 Å². The molecule has 2 aromatic carbocycles. The van der Waals surface area contributed by atoms with Crippen LogP contribution in [0.3, 0.4) is 0 Å². The minimum absolute atomic E-state index is 0.135. The highest BCUT2D eigenvalue weighted by Crippen LogP contribution is 2.41. The van der Waals surface area contributed by atoms with Crippen molar-refractivity contribution in [2.45, 2.75) is 38.3 Å². The first-order chi connectivity index (χ1) is 16.1. The molecule has 33 heavy (non-hydrogen) atoms.